The Morgan fingerprint density at radius 3 is 2.82 bits per heavy atom. The van der Waals surface area contributed by atoms with E-state index >= 15 is 0 Å². The molecule has 1 unspecified atom stereocenters. The number of rotatable bonds is 4. The topological polar surface area (TPSA) is 66.0 Å². The van der Waals surface area contributed by atoms with E-state index < -0.39 is 0 Å². The largest absolute Gasteiger partial charge is 0.493 e. The zero-order chi connectivity index (χ0) is 19.5. The maximum Gasteiger partial charge on any atom is 0.244 e. The summed E-state index contributed by atoms with van der Waals surface area (Å²) in [6.45, 7) is 1.55. The second-order valence-electron chi connectivity index (χ2n) is 6.46. The third-order valence-electron chi connectivity index (χ3n) is 4.61. The van der Waals surface area contributed by atoms with Crippen LogP contribution in [0.25, 0.3) is 6.08 Å². The summed E-state index contributed by atoms with van der Waals surface area (Å²) in [5.41, 5.74) is 1.77. The number of amides is 1. The van der Waals surface area contributed by atoms with Gasteiger partial charge in [0.05, 0.1) is 19.8 Å². The van der Waals surface area contributed by atoms with E-state index in [1.54, 1.807) is 13.2 Å². The molecule has 146 valence electrons. The molecule has 0 spiro atoms. The third-order valence-corrected chi connectivity index (χ3v) is 5.10. The zero-order valence-electron chi connectivity index (χ0n) is 15.4. The van der Waals surface area contributed by atoms with E-state index in [1.165, 1.54) is 6.08 Å². The Balaban J connectivity index is 1.49. The number of fused-ring (bicyclic) bond motifs is 2. The van der Waals surface area contributed by atoms with Crippen molar-refractivity contribution in [3.63, 3.8) is 0 Å². The highest BCUT2D eigenvalue weighted by Crippen LogP contribution is 2.40. The van der Waals surface area contributed by atoms with Gasteiger partial charge in [-0.3, -0.25) is 4.79 Å². The number of hydrogen-bond acceptors (Lipinski definition) is 5. The average molecular weight is 446 g/mol. The fourth-order valence-corrected chi connectivity index (χ4v) is 3.68. The Labute approximate surface area is 171 Å². The van der Waals surface area contributed by atoms with Crippen molar-refractivity contribution >= 4 is 27.9 Å². The molecule has 2 heterocycles. The molecule has 1 amide bonds. The molecule has 0 saturated heterocycles. The summed E-state index contributed by atoms with van der Waals surface area (Å²) in [5, 5.41) is 3.05. The molecule has 1 atom stereocenters. The second kappa shape index (κ2) is 8.14. The smallest absolute Gasteiger partial charge is 0.244 e. The molecule has 28 heavy (non-hydrogen) atoms. The van der Waals surface area contributed by atoms with Crippen LogP contribution in [0.2, 0.25) is 0 Å². The molecule has 0 radical (unpaired) electrons. The van der Waals surface area contributed by atoms with E-state index in [9.17, 15) is 4.79 Å². The first-order valence-corrected chi connectivity index (χ1v) is 9.82. The van der Waals surface area contributed by atoms with Gasteiger partial charge in [0.1, 0.15) is 19.0 Å². The van der Waals surface area contributed by atoms with Crippen molar-refractivity contribution in [3.05, 3.63) is 52.0 Å². The number of halogens is 1. The molecule has 0 aliphatic carbocycles. The van der Waals surface area contributed by atoms with Crippen molar-refractivity contribution in [1.82, 2.24) is 5.32 Å². The maximum atomic E-state index is 12.5. The van der Waals surface area contributed by atoms with E-state index in [0.29, 0.717) is 37.1 Å². The highest BCUT2D eigenvalue weighted by Gasteiger charge is 2.23. The number of hydrogen-bond donors (Lipinski definition) is 1. The van der Waals surface area contributed by atoms with Gasteiger partial charge in [0, 0.05) is 22.5 Å². The van der Waals surface area contributed by atoms with E-state index in [2.05, 4.69) is 21.2 Å². The minimum Gasteiger partial charge on any atom is -0.493 e. The van der Waals surface area contributed by atoms with Gasteiger partial charge in [-0.25, -0.2) is 0 Å². The van der Waals surface area contributed by atoms with E-state index in [0.717, 1.165) is 27.8 Å². The Bertz CT molecular complexity index is 910. The summed E-state index contributed by atoms with van der Waals surface area (Å²) < 4.78 is 23.2. The molecule has 0 fully saturated rings. The van der Waals surface area contributed by atoms with Gasteiger partial charge in [0.2, 0.25) is 11.7 Å². The van der Waals surface area contributed by atoms with Crippen LogP contribution in [0.3, 0.4) is 0 Å². The molecule has 4 rings (SSSR count). The lowest BCUT2D eigenvalue weighted by Crippen LogP contribution is -2.31. The van der Waals surface area contributed by atoms with E-state index in [4.69, 9.17) is 18.9 Å². The van der Waals surface area contributed by atoms with Crippen LogP contribution in [-0.2, 0) is 4.79 Å². The van der Waals surface area contributed by atoms with Crippen molar-refractivity contribution < 1.29 is 23.7 Å². The molecule has 0 bridgehead atoms. The molecule has 0 aromatic heterocycles. The summed E-state index contributed by atoms with van der Waals surface area (Å²) in [4.78, 5) is 12.5. The minimum atomic E-state index is -0.174. The van der Waals surface area contributed by atoms with Crippen molar-refractivity contribution in [2.45, 2.75) is 12.5 Å². The SMILES string of the molecule is COc1cc(/C=C/C(=O)NC2CCOc3ccc(Br)cc32)cc2c1OCCO2. The Hall–Kier alpha value is -2.67. The number of methoxy groups -OCH3 is 1. The molecule has 2 aliphatic heterocycles. The summed E-state index contributed by atoms with van der Waals surface area (Å²) in [6.07, 6.45) is 3.97. The molecule has 2 aliphatic rings. The lowest BCUT2D eigenvalue weighted by molar-refractivity contribution is -0.117. The molecule has 2 aromatic carbocycles. The summed E-state index contributed by atoms with van der Waals surface area (Å²) >= 11 is 3.47. The quantitative estimate of drug-likeness (QED) is 0.723. The van der Waals surface area contributed by atoms with Crippen LogP contribution in [0, 0.1) is 0 Å². The monoisotopic (exact) mass is 445 g/mol. The fourth-order valence-electron chi connectivity index (χ4n) is 3.30. The average Bonchev–Trinajstić information content (AvgIpc) is 2.72. The third kappa shape index (κ3) is 3.94. The van der Waals surface area contributed by atoms with Crippen LogP contribution >= 0.6 is 15.9 Å². The summed E-state index contributed by atoms with van der Waals surface area (Å²) in [6, 6.07) is 9.38. The fraction of sp³-hybridized carbons (Fsp3) is 0.286. The molecule has 7 heteroatoms. The van der Waals surface area contributed by atoms with Crippen LogP contribution in [-0.4, -0.2) is 32.8 Å². The van der Waals surface area contributed by atoms with Crippen molar-refractivity contribution in [3.8, 4) is 23.0 Å². The van der Waals surface area contributed by atoms with Gasteiger partial charge in [0.15, 0.2) is 11.5 Å². The number of carbonyl (C=O) groups is 1. The molecular formula is C21H20BrNO5. The Morgan fingerprint density at radius 2 is 1.96 bits per heavy atom. The van der Waals surface area contributed by atoms with Gasteiger partial charge >= 0.3 is 0 Å². The van der Waals surface area contributed by atoms with Gasteiger partial charge in [-0.2, -0.15) is 0 Å². The van der Waals surface area contributed by atoms with Crippen molar-refractivity contribution in [1.29, 1.82) is 0 Å². The first-order valence-electron chi connectivity index (χ1n) is 9.02. The molecule has 6 nitrogen and oxygen atoms in total. The van der Waals surface area contributed by atoms with Crippen LogP contribution in [0.5, 0.6) is 23.0 Å². The molecule has 0 saturated carbocycles. The van der Waals surface area contributed by atoms with Crippen LogP contribution in [0.1, 0.15) is 23.6 Å². The van der Waals surface area contributed by atoms with Crippen molar-refractivity contribution in [2.75, 3.05) is 26.9 Å². The number of nitrogens with one attached hydrogen (secondary N) is 1. The standard InChI is InChI=1S/C21H20BrNO5/c1-25-18-10-13(11-19-21(18)28-9-8-27-19)2-5-20(24)23-16-6-7-26-17-4-3-14(22)12-15(16)17/h2-5,10-12,16H,6-9H2,1H3,(H,23,24)/b5-2+. The first-order chi connectivity index (χ1) is 13.6. The van der Waals surface area contributed by atoms with Gasteiger partial charge < -0.3 is 24.3 Å². The molecule has 2 aromatic rings. The van der Waals surface area contributed by atoms with Gasteiger partial charge in [0.25, 0.3) is 0 Å². The highest BCUT2D eigenvalue weighted by molar-refractivity contribution is 9.10. The molecular weight excluding hydrogens is 426 g/mol. The van der Waals surface area contributed by atoms with Crippen LogP contribution in [0.15, 0.2) is 40.9 Å². The lowest BCUT2D eigenvalue weighted by Gasteiger charge is -2.26. The van der Waals surface area contributed by atoms with Crippen molar-refractivity contribution in [2.24, 2.45) is 0 Å². The van der Waals surface area contributed by atoms with Gasteiger partial charge in [-0.05, 0) is 42.0 Å². The predicted molar refractivity (Wildman–Crippen MR) is 108 cm³/mol. The Morgan fingerprint density at radius 1 is 1.14 bits per heavy atom. The number of ether oxygens (including phenoxy) is 4. The Kier molecular flexibility index (Phi) is 5.43. The first kappa shape index (κ1) is 18.7. The lowest BCUT2D eigenvalue weighted by atomic mass is 10.0. The minimum absolute atomic E-state index is 0.0896. The van der Waals surface area contributed by atoms with Crippen LogP contribution in [0.4, 0.5) is 0 Å². The van der Waals surface area contributed by atoms with Gasteiger partial charge in [-0.1, -0.05) is 15.9 Å². The zero-order valence-corrected chi connectivity index (χ0v) is 17.0. The second-order valence-corrected chi connectivity index (χ2v) is 7.38. The summed E-state index contributed by atoms with van der Waals surface area (Å²) in [5.74, 6) is 2.43. The molecule has 1 N–H and O–H groups in total. The normalized spacial score (nSPS) is 17.6. The summed E-state index contributed by atoms with van der Waals surface area (Å²) in [7, 11) is 1.58. The highest BCUT2D eigenvalue weighted by atomic mass is 79.9. The maximum absolute atomic E-state index is 12.5. The van der Waals surface area contributed by atoms with Gasteiger partial charge in [-0.15, -0.1) is 0 Å². The van der Waals surface area contributed by atoms with E-state index in [1.807, 2.05) is 30.3 Å². The predicted octanol–water partition coefficient (Wildman–Crippen LogP) is 3.88. The number of carbonyl (C=O) groups excluding carboxylic acids is 1. The van der Waals surface area contributed by atoms with E-state index in [-0.39, 0.29) is 11.9 Å². The number of benzene rings is 2. The van der Waals surface area contributed by atoms with Crippen LogP contribution < -0.4 is 24.3 Å².